The van der Waals surface area contributed by atoms with E-state index in [1.165, 1.54) is 0 Å². The lowest BCUT2D eigenvalue weighted by atomic mass is 9.95. The van der Waals surface area contributed by atoms with Crippen LogP contribution in [0.1, 0.15) is 36.2 Å². The fourth-order valence-corrected chi connectivity index (χ4v) is 3.36. The Morgan fingerprint density at radius 2 is 2.00 bits per heavy atom. The van der Waals surface area contributed by atoms with E-state index in [1.807, 2.05) is 11.8 Å². The first-order valence-electron chi connectivity index (χ1n) is 6.26. The number of carbonyl (C=O) groups excluding carboxylic acids is 1. The molecule has 19 heavy (non-hydrogen) atoms. The van der Waals surface area contributed by atoms with Crippen LogP contribution < -0.4 is 5.32 Å². The van der Waals surface area contributed by atoms with Crippen LogP contribution in [0.5, 0.6) is 0 Å². The summed E-state index contributed by atoms with van der Waals surface area (Å²) >= 11 is 13.7. The van der Waals surface area contributed by atoms with Crippen molar-refractivity contribution in [1.29, 1.82) is 0 Å². The van der Waals surface area contributed by atoms with Crippen LogP contribution in [0.15, 0.2) is 12.1 Å². The number of halogens is 2. The summed E-state index contributed by atoms with van der Waals surface area (Å²) in [4.78, 5) is 16.1. The lowest BCUT2D eigenvalue weighted by Gasteiger charge is -2.27. The van der Waals surface area contributed by atoms with E-state index >= 15 is 0 Å². The topological polar surface area (TPSA) is 42.0 Å². The lowest BCUT2D eigenvalue weighted by molar-refractivity contribution is 0.0923. The van der Waals surface area contributed by atoms with Crippen molar-refractivity contribution in [3.05, 3.63) is 28.0 Å². The number of aromatic nitrogens is 1. The van der Waals surface area contributed by atoms with Crippen molar-refractivity contribution < 1.29 is 4.79 Å². The van der Waals surface area contributed by atoms with Gasteiger partial charge in [0.1, 0.15) is 10.8 Å². The number of pyridine rings is 1. The van der Waals surface area contributed by atoms with Gasteiger partial charge < -0.3 is 5.32 Å². The van der Waals surface area contributed by atoms with Crippen LogP contribution in [0.3, 0.4) is 0 Å². The van der Waals surface area contributed by atoms with Crippen molar-refractivity contribution in [1.82, 2.24) is 10.3 Å². The zero-order valence-corrected chi connectivity index (χ0v) is 13.0. The van der Waals surface area contributed by atoms with Crippen molar-refractivity contribution in [2.45, 2.75) is 37.0 Å². The van der Waals surface area contributed by atoms with Crippen molar-refractivity contribution >= 4 is 40.9 Å². The quantitative estimate of drug-likeness (QED) is 0.862. The largest absolute Gasteiger partial charge is 0.348 e. The summed E-state index contributed by atoms with van der Waals surface area (Å²) in [7, 11) is 0. The molecule has 0 atom stereocenters. The highest BCUT2D eigenvalue weighted by Gasteiger charge is 2.23. The monoisotopic (exact) mass is 318 g/mol. The number of hydrogen-bond donors (Lipinski definition) is 1. The molecule has 0 aliphatic heterocycles. The van der Waals surface area contributed by atoms with Crippen LogP contribution in [0, 0.1) is 0 Å². The molecule has 1 heterocycles. The smallest absolute Gasteiger partial charge is 0.271 e. The molecular formula is C13H16Cl2N2OS. The normalized spacial score (nSPS) is 23.1. The molecule has 1 saturated carbocycles. The number of rotatable bonds is 3. The van der Waals surface area contributed by atoms with Gasteiger partial charge in [-0.15, -0.1) is 0 Å². The van der Waals surface area contributed by atoms with E-state index in [9.17, 15) is 4.79 Å². The molecule has 6 heteroatoms. The maximum atomic E-state index is 12.1. The van der Waals surface area contributed by atoms with Crippen molar-refractivity contribution in [3.63, 3.8) is 0 Å². The molecule has 0 unspecified atom stereocenters. The van der Waals surface area contributed by atoms with Gasteiger partial charge in [-0.1, -0.05) is 23.2 Å². The predicted octanol–water partition coefficient (Wildman–Crippen LogP) is 3.79. The Hall–Kier alpha value is -0.450. The van der Waals surface area contributed by atoms with Crippen LogP contribution in [0.25, 0.3) is 0 Å². The van der Waals surface area contributed by atoms with E-state index in [-0.39, 0.29) is 22.8 Å². The summed E-state index contributed by atoms with van der Waals surface area (Å²) in [5, 5.41) is 4.33. The molecule has 0 aromatic carbocycles. The second-order valence-corrected chi connectivity index (χ2v) is 6.58. The number of thioether (sulfide) groups is 1. The minimum Gasteiger partial charge on any atom is -0.348 e. The van der Waals surface area contributed by atoms with Crippen LogP contribution >= 0.6 is 35.0 Å². The minimum atomic E-state index is -0.236. The van der Waals surface area contributed by atoms with Crippen molar-refractivity contribution in [3.8, 4) is 0 Å². The van der Waals surface area contributed by atoms with Crippen molar-refractivity contribution in [2.75, 3.05) is 6.26 Å². The van der Waals surface area contributed by atoms with E-state index < -0.39 is 0 Å². The molecule has 1 amide bonds. The van der Waals surface area contributed by atoms with Gasteiger partial charge >= 0.3 is 0 Å². The summed E-state index contributed by atoms with van der Waals surface area (Å²) in [6.07, 6.45) is 6.44. The first kappa shape index (κ1) is 14.9. The molecule has 0 spiro atoms. The number of hydrogen-bond acceptors (Lipinski definition) is 3. The molecule has 2 rings (SSSR count). The fourth-order valence-electron chi connectivity index (χ4n) is 2.27. The SMILES string of the molecule is CSC1CCC(NC(=O)c2nc(Cl)ccc2Cl)CC1. The van der Waals surface area contributed by atoms with E-state index in [0.717, 1.165) is 30.9 Å². The third-order valence-electron chi connectivity index (χ3n) is 3.37. The zero-order chi connectivity index (χ0) is 13.8. The molecular weight excluding hydrogens is 303 g/mol. The molecule has 1 aromatic rings. The average Bonchev–Trinajstić information content (AvgIpc) is 2.42. The molecule has 1 fully saturated rings. The highest BCUT2D eigenvalue weighted by atomic mass is 35.5. The van der Waals surface area contributed by atoms with E-state index in [1.54, 1.807) is 12.1 Å². The Kier molecular flexibility index (Phi) is 5.37. The van der Waals surface area contributed by atoms with Crippen LogP contribution in [-0.4, -0.2) is 28.4 Å². The van der Waals surface area contributed by atoms with Gasteiger partial charge in [-0.3, -0.25) is 4.79 Å². The molecule has 3 nitrogen and oxygen atoms in total. The Morgan fingerprint density at radius 1 is 1.32 bits per heavy atom. The second kappa shape index (κ2) is 6.82. The molecule has 0 bridgehead atoms. The van der Waals surface area contributed by atoms with Gasteiger partial charge in [-0.2, -0.15) is 11.8 Å². The number of amides is 1. The molecule has 1 N–H and O–H groups in total. The minimum absolute atomic E-state index is 0.209. The molecule has 1 aromatic heterocycles. The zero-order valence-electron chi connectivity index (χ0n) is 10.7. The lowest BCUT2D eigenvalue weighted by Crippen LogP contribution is -2.38. The first-order chi connectivity index (χ1) is 9.10. The summed E-state index contributed by atoms with van der Waals surface area (Å²) in [6.45, 7) is 0. The standard InChI is InChI=1S/C13H16Cl2N2OS/c1-19-9-4-2-8(3-5-9)16-13(18)12-10(14)6-7-11(15)17-12/h6-9H,2-5H2,1H3,(H,16,18). The summed E-state index contributed by atoms with van der Waals surface area (Å²) in [5.41, 5.74) is 0.209. The van der Waals surface area contributed by atoms with Crippen molar-refractivity contribution in [2.24, 2.45) is 0 Å². The van der Waals surface area contributed by atoms with Crippen LogP contribution in [0.4, 0.5) is 0 Å². The third kappa shape index (κ3) is 4.01. The highest BCUT2D eigenvalue weighted by Crippen LogP contribution is 2.27. The number of carbonyl (C=O) groups is 1. The molecule has 104 valence electrons. The van der Waals surface area contributed by atoms with Gasteiger partial charge in [-0.25, -0.2) is 4.98 Å². The predicted molar refractivity (Wildman–Crippen MR) is 81.3 cm³/mol. The van der Waals surface area contributed by atoms with Gasteiger partial charge in [-0.05, 0) is 44.1 Å². The van der Waals surface area contributed by atoms with Gasteiger partial charge in [0.05, 0.1) is 5.02 Å². The van der Waals surface area contributed by atoms with E-state index in [4.69, 9.17) is 23.2 Å². The summed E-state index contributed by atoms with van der Waals surface area (Å²) in [6, 6.07) is 3.38. The fraction of sp³-hybridized carbons (Fsp3) is 0.538. The second-order valence-electron chi connectivity index (χ2n) is 4.65. The molecule has 0 radical (unpaired) electrons. The summed E-state index contributed by atoms with van der Waals surface area (Å²) in [5.74, 6) is -0.236. The number of nitrogens with one attached hydrogen (secondary N) is 1. The molecule has 0 saturated heterocycles. The van der Waals surface area contributed by atoms with Crippen LogP contribution in [-0.2, 0) is 0 Å². The Bertz CT molecular complexity index is 462. The Labute approximate surface area is 127 Å². The van der Waals surface area contributed by atoms with Gasteiger partial charge in [0.25, 0.3) is 5.91 Å². The van der Waals surface area contributed by atoms with Crippen LogP contribution in [0.2, 0.25) is 10.2 Å². The van der Waals surface area contributed by atoms with Gasteiger partial charge in [0, 0.05) is 11.3 Å². The van der Waals surface area contributed by atoms with Gasteiger partial charge in [0.2, 0.25) is 0 Å². The average molecular weight is 319 g/mol. The highest BCUT2D eigenvalue weighted by molar-refractivity contribution is 7.99. The summed E-state index contributed by atoms with van der Waals surface area (Å²) < 4.78 is 0. The first-order valence-corrected chi connectivity index (χ1v) is 8.30. The molecule has 1 aliphatic carbocycles. The van der Waals surface area contributed by atoms with Gasteiger partial charge in [0.15, 0.2) is 0 Å². The molecule has 1 aliphatic rings. The number of nitrogens with zero attached hydrogens (tertiary/aromatic N) is 1. The maximum absolute atomic E-state index is 12.1. The van der Waals surface area contributed by atoms with E-state index in [2.05, 4.69) is 16.6 Å². The Balaban J connectivity index is 1.96. The Morgan fingerprint density at radius 3 is 2.63 bits per heavy atom. The van der Waals surface area contributed by atoms with E-state index in [0.29, 0.717) is 5.02 Å². The third-order valence-corrected chi connectivity index (χ3v) is 5.02. The maximum Gasteiger partial charge on any atom is 0.271 e.